The van der Waals surface area contributed by atoms with E-state index in [2.05, 4.69) is 41.6 Å². The molecule has 9 heteroatoms. The van der Waals surface area contributed by atoms with Gasteiger partial charge in [-0.1, -0.05) is 45.0 Å². The van der Waals surface area contributed by atoms with Gasteiger partial charge in [-0.25, -0.2) is 9.37 Å². The van der Waals surface area contributed by atoms with Gasteiger partial charge < -0.3 is 15.2 Å². The summed E-state index contributed by atoms with van der Waals surface area (Å²) in [4.78, 5) is 41.1. The molecule has 1 aromatic heterocycles. The molecule has 0 saturated carbocycles. The molecule has 0 radical (unpaired) electrons. The van der Waals surface area contributed by atoms with Gasteiger partial charge in [0.15, 0.2) is 11.6 Å². The second-order valence-corrected chi connectivity index (χ2v) is 10.0. The van der Waals surface area contributed by atoms with Crippen LogP contribution in [0, 0.1) is 17.6 Å². The first-order chi connectivity index (χ1) is 18.0. The van der Waals surface area contributed by atoms with Crippen LogP contribution < -0.4 is 16.2 Å². The molecule has 1 heterocycles. The number of benzene rings is 3. The lowest BCUT2D eigenvalue weighted by Gasteiger charge is -2.19. The number of nitrogens with zero attached hydrogens (tertiary/aromatic N) is 3. The van der Waals surface area contributed by atoms with Crippen molar-refractivity contribution in [1.29, 1.82) is 0 Å². The Morgan fingerprint density at radius 1 is 1.05 bits per heavy atom. The van der Waals surface area contributed by atoms with Gasteiger partial charge in [0.2, 0.25) is 0 Å². The maximum Gasteiger partial charge on any atom is 0.293 e. The van der Waals surface area contributed by atoms with Crippen LogP contribution in [-0.2, 0) is 12.5 Å². The molecule has 0 unspecified atom stereocenters. The maximum atomic E-state index is 13.7. The van der Waals surface area contributed by atoms with Gasteiger partial charge in [0.05, 0.1) is 5.69 Å². The molecule has 38 heavy (non-hydrogen) atoms. The number of aryl methyl sites for hydroxylation is 1. The predicted molar refractivity (Wildman–Crippen MR) is 148 cm³/mol. The molecular weight excluding hydrogens is 485 g/mol. The smallest absolute Gasteiger partial charge is 0.293 e. The number of carbonyl (C=O) groups excluding carboxylic acids is 1. The third-order valence-corrected chi connectivity index (χ3v) is 6.25. The van der Waals surface area contributed by atoms with Gasteiger partial charge in [0, 0.05) is 35.7 Å². The van der Waals surface area contributed by atoms with E-state index in [0.29, 0.717) is 22.5 Å². The zero-order valence-electron chi connectivity index (χ0n) is 21.8. The summed E-state index contributed by atoms with van der Waals surface area (Å²) in [6.45, 7) is 8.20. The number of amides is 1. The maximum absolute atomic E-state index is 13.7. The lowest BCUT2D eigenvalue weighted by molar-refractivity contribution is 0.102. The number of carbonyl (C=O) groups is 1. The fraction of sp³-hybridized carbons (Fsp3) is 0.207. The van der Waals surface area contributed by atoms with Gasteiger partial charge in [-0.05, 0) is 65.0 Å². The fourth-order valence-electron chi connectivity index (χ4n) is 3.98. The van der Waals surface area contributed by atoms with Crippen molar-refractivity contribution in [3.05, 3.63) is 105 Å². The van der Waals surface area contributed by atoms with Crippen molar-refractivity contribution >= 4 is 28.8 Å². The molecule has 0 aliphatic rings. The van der Waals surface area contributed by atoms with Crippen molar-refractivity contribution < 1.29 is 9.18 Å². The molecule has 1 amide bonds. The van der Waals surface area contributed by atoms with Gasteiger partial charge in [-0.15, -0.1) is 4.91 Å². The summed E-state index contributed by atoms with van der Waals surface area (Å²) in [7, 11) is 1.59. The van der Waals surface area contributed by atoms with Crippen molar-refractivity contribution in [3.8, 4) is 11.3 Å². The van der Waals surface area contributed by atoms with Crippen molar-refractivity contribution in [3.63, 3.8) is 0 Å². The SMILES string of the molecule is Cc1c(NC(=O)c2ccc(C(C)(C)C)cc2)cccc1-c1cn(C)c(=O)c(Nc2ccc(F)c(N=O)c2)n1. The highest BCUT2D eigenvalue weighted by atomic mass is 19.1. The molecule has 4 aromatic rings. The average molecular weight is 514 g/mol. The largest absolute Gasteiger partial charge is 0.336 e. The average Bonchev–Trinajstić information content (AvgIpc) is 2.88. The third-order valence-electron chi connectivity index (χ3n) is 6.25. The molecule has 0 atom stereocenters. The van der Waals surface area contributed by atoms with Crippen LogP contribution in [0.1, 0.15) is 42.3 Å². The van der Waals surface area contributed by atoms with Crippen LogP contribution in [0.4, 0.5) is 27.3 Å². The second kappa shape index (κ2) is 10.4. The van der Waals surface area contributed by atoms with Crippen molar-refractivity contribution in [2.45, 2.75) is 33.1 Å². The summed E-state index contributed by atoms with van der Waals surface area (Å²) in [5.41, 5.74) is 3.71. The molecule has 0 fully saturated rings. The molecule has 3 aromatic carbocycles. The monoisotopic (exact) mass is 513 g/mol. The van der Waals surface area contributed by atoms with E-state index in [1.54, 1.807) is 25.4 Å². The molecule has 0 aliphatic heterocycles. The van der Waals surface area contributed by atoms with E-state index in [4.69, 9.17) is 0 Å². The number of hydrogen-bond donors (Lipinski definition) is 2. The van der Waals surface area contributed by atoms with Crippen molar-refractivity contribution in [2.24, 2.45) is 12.2 Å². The normalized spacial score (nSPS) is 11.2. The zero-order valence-corrected chi connectivity index (χ0v) is 21.8. The first-order valence-corrected chi connectivity index (χ1v) is 12.0. The minimum Gasteiger partial charge on any atom is -0.336 e. The number of aromatic nitrogens is 2. The molecule has 194 valence electrons. The van der Waals surface area contributed by atoms with Crippen LogP contribution in [0.15, 0.2) is 76.8 Å². The molecule has 4 rings (SSSR count). The summed E-state index contributed by atoms with van der Waals surface area (Å²) in [5, 5.41) is 8.47. The molecule has 0 saturated heterocycles. The van der Waals surface area contributed by atoms with E-state index in [1.807, 2.05) is 37.3 Å². The number of anilines is 3. The molecule has 0 spiro atoms. The number of nitroso groups, excluding NO2 is 1. The van der Waals surface area contributed by atoms with Gasteiger partial charge >= 0.3 is 0 Å². The highest BCUT2D eigenvalue weighted by Crippen LogP contribution is 2.29. The first kappa shape index (κ1) is 26.4. The fourth-order valence-corrected chi connectivity index (χ4v) is 3.98. The van der Waals surface area contributed by atoms with Crippen LogP contribution in [0.3, 0.4) is 0 Å². The minimum atomic E-state index is -0.764. The molecule has 2 N–H and O–H groups in total. The Bertz CT molecular complexity index is 1590. The summed E-state index contributed by atoms with van der Waals surface area (Å²) >= 11 is 0. The Hall–Kier alpha value is -4.66. The van der Waals surface area contributed by atoms with Crippen LogP contribution in [0.2, 0.25) is 0 Å². The van der Waals surface area contributed by atoms with E-state index >= 15 is 0 Å². The van der Waals surface area contributed by atoms with Crippen molar-refractivity contribution in [1.82, 2.24) is 9.55 Å². The van der Waals surface area contributed by atoms with Crippen LogP contribution in [0.25, 0.3) is 11.3 Å². The number of hydrogen-bond acceptors (Lipinski definition) is 6. The molecular formula is C29H28FN5O3. The van der Waals surface area contributed by atoms with Gasteiger partial charge in [0.25, 0.3) is 11.5 Å². The quantitative estimate of drug-likeness (QED) is 0.283. The molecule has 8 nitrogen and oxygen atoms in total. The summed E-state index contributed by atoms with van der Waals surface area (Å²) in [5.74, 6) is -1.02. The highest BCUT2D eigenvalue weighted by Gasteiger charge is 2.17. The highest BCUT2D eigenvalue weighted by molar-refractivity contribution is 6.05. The lowest BCUT2D eigenvalue weighted by atomic mass is 9.86. The summed E-state index contributed by atoms with van der Waals surface area (Å²) in [6.07, 6.45) is 1.59. The van der Waals surface area contributed by atoms with E-state index < -0.39 is 11.4 Å². The molecule has 0 aliphatic carbocycles. The Balaban J connectivity index is 1.64. The van der Waals surface area contributed by atoms with Gasteiger partial charge in [-0.2, -0.15) is 0 Å². The van der Waals surface area contributed by atoms with Crippen LogP contribution >= 0.6 is 0 Å². The Kier molecular flexibility index (Phi) is 7.21. The van der Waals surface area contributed by atoms with E-state index in [-0.39, 0.29) is 28.5 Å². The van der Waals surface area contributed by atoms with Gasteiger partial charge in [-0.3, -0.25) is 9.59 Å². The zero-order chi connectivity index (χ0) is 27.6. The third kappa shape index (κ3) is 5.51. The Morgan fingerprint density at radius 2 is 1.76 bits per heavy atom. The van der Waals surface area contributed by atoms with E-state index in [0.717, 1.165) is 17.2 Å². The topological polar surface area (TPSA) is 105 Å². The lowest BCUT2D eigenvalue weighted by Crippen LogP contribution is -2.21. The second-order valence-electron chi connectivity index (χ2n) is 10.0. The van der Waals surface area contributed by atoms with E-state index in [1.165, 1.54) is 16.7 Å². The number of nitrogens with one attached hydrogen (secondary N) is 2. The predicted octanol–water partition coefficient (Wildman–Crippen LogP) is 6.59. The molecule has 0 bridgehead atoms. The summed E-state index contributed by atoms with van der Waals surface area (Å²) in [6, 6.07) is 16.6. The van der Waals surface area contributed by atoms with E-state index in [9.17, 15) is 18.9 Å². The summed E-state index contributed by atoms with van der Waals surface area (Å²) < 4.78 is 15.0. The Morgan fingerprint density at radius 3 is 2.42 bits per heavy atom. The van der Waals surface area contributed by atoms with Crippen LogP contribution in [0.5, 0.6) is 0 Å². The number of rotatable bonds is 6. The standard InChI is InChI=1S/C29H28FN5O3/c1-17-21(7-6-8-23(17)33-27(36)18-9-11-19(12-10-18)29(2,3)4)25-16-35(5)28(37)26(32-25)31-20-13-14-22(30)24(15-20)34-38/h6-16H,1-5H3,(H,31,32)(H,33,36). The van der Waals surface area contributed by atoms with Crippen molar-refractivity contribution in [2.75, 3.05) is 10.6 Å². The Labute approximate surface area is 219 Å². The minimum absolute atomic E-state index is 0.0127. The number of halogens is 1. The first-order valence-electron chi connectivity index (χ1n) is 12.0. The van der Waals surface area contributed by atoms with Crippen LogP contribution in [-0.4, -0.2) is 15.5 Å². The van der Waals surface area contributed by atoms with Gasteiger partial charge in [0.1, 0.15) is 5.69 Å².